The van der Waals surface area contributed by atoms with Crippen molar-refractivity contribution in [3.05, 3.63) is 29.8 Å². The SMILES string of the molecule is COc1ccc(CC(=O)NC(=S)N2CCNC(=O)C2CC(=O)OCCC(C)C)cc1. The number of piperazine rings is 1. The van der Waals surface area contributed by atoms with Gasteiger partial charge in [-0.1, -0.05) is 26.0 Å². The van der Waals surface area contributed by atoms with Gasteiger partial charge in [0.1, 0.15) is 11.8 Å². The van der Waals surface area contributed by atoms with Gasteiger partial charge in [0.2, 0.25) is 11.8 Å². The summed E-state index contributed by atoms with van der Waals surface area (Å²) in [4.78, 5) is 38.4. The molecule has 0 aliphatic carbocycles. The average Bonchev–Trinajstić information content (AvgIpc) is 2.69. The zero-order valence-corrected chi connectivity index (χ0v) is 18.4. The molecule has 1 aromatic carbocycles. The Hall–Kier alpha value is -2.68. The van der Waals surface area contributed by atoms with E-state index >= 15 is 0 Å². The summed E-state index contributed by atoms with van der Waals surface area (Å²) in [5, 5.41) is 5.52. The van der Waals surface area contributed by atoms with Crippen LogP contribution in [0.2, 0.25) is 0 Å². The minimum absolute atomic E-state index is 0.127. The van der Waals surface area contributed by atoms with E-state index in [2.05, 4.69) is 10.6 Å². The van der Waals surface area contributed by atoms with Gasteiger partial charge in [-0.15, -0.1) is 0 Å². The molecule has 0 radical (unpaired) electrons. The smallest absolute Gasteiger partial charge is 0.308 e. The highest BCUT2D eigenvalue weighted by Gasteiger charge is 2.34. The fourth-order valence-corrected chi connectivity index (χ4v) is 3.28. The minimum Gasteiger partial charge on any atom is -0.497 e. The monoisotopic (exact) mass is 435 g/mol. The van der Waals surface area contributed by atoms with Gasteiger partial charge in [-0.25, -0.2) is 0 Å². The van der Waals surface area contributed by atoms with Crippen LogP contribution in [0.1, 0.15) is 32.3 Å². The number of hydrogen-bond donors (Lipinski definition) is 2. The van der Waals surface area contributed by atoms with Gasteiger partial charge in [0, 0.05) is 13.1 Å². The van der Waals surface area contributed by atoms with E-state index < -0.39 is 12.0 Å². The third-order valence-electron chi connectivity index (χ3n) is 4.68. The lowest BCUT2D eigenvalue weighted by atomic mass is 10.1. The number of hydrogen-bond acceptors (Lipinski definition) is 6. The van der Waals surface area contributed by atoms with Crippen molar-refractivity contribution in [2.24, 2.45) is 5.92 Å². The third-order valence-corrected chi connectivity index (χ3v) is 5.02. The van der Waals surface area contributed by atoms with E-state index in [4.69, 9.17) is 21.7 Å². The van der Waals surface area contributed by atoms with Crippen LogP contribution in [-0.2, 0) is 25.5 Å². The molecule has 2 rings (SSSR count). The molecule has 8 nitrogen and oxygen atoms in total. The highest BCUT2D eigenvalue weighted by atomic mass is 32.1. The van der Waals surface area contributed by atoms with Crippen molar-refractivity contribution >= 4 is 35.1 Å². The molecule has 0 bridgehead atoms. The molecule has 2 amide bonds. The van der Waals surface area contributed by atoms with Crippen LogP contribution in [0.15, 0.2) is 24.3 Å². The Morgan fingerprint density at radius 1 is 1.30 bits per heavy atom. The number of amides is 2. The lowest BCUT2D eigenvalue weighted by Crippen LogP contribution is -2.60. The molecular weight excluding hydrogens is 406 g/mol. The maximum atomic E-state index is 12.4. The number of carbonyl (C=O) groups excluding carboxylic acids is 3. The third kappa shape index (κ3) is 7.29. The number of esters is 1. The summed E-state index contributed by atoms with van der Waals surface area (Å²) in [6, 6.07) is 6.34. The van der Waals surface area contributed by atoms with E-state index in [1.54, 1.807) is 36.3 Å². The largest absolute Gasteiger partial charge is 0.497 e. The van der Waals surface area contributed by atoms with Gasteiger partial charge >= 0.3 is 5.97 Å². The number of methoxy groups -OCH3 is 1. The molecule has 30 heavy (non-hydrogen) atoms. The van der Waals surface area contributed by atoms with Crippen molar-refractivity contribution < 1.29 is 23.9 Å². The van der Waals surface area contributed by atoms with Gasteiger partial charge in [-0.2, -0.15) is 0 Å². The predicted molar refractivity (Wildman–Crippen MR) is 116 cm³/mol. The second kappa shape index (κ2) is 11.5. The highest BCUT2D eigenvalue weighted by Crippen LogP contribution is 2.13. The van der Waals surface area contributed by atoms with Gasteiger partial charge in [0.25, 0.3) is 0 Å². The van der Waals surface area contributed by atoms with Crippen molar-refractivity contribution in [1.82, 2.24) is 15.5 Å². The lowest BCUT2D eigenvalue weighted by Gasteiger charge is -2.36. The van der Waals surface area contributed by atoms with Crippen molar-refractivity contribution in [1.29, 1.82) is 0 Å². The van der Waals surface area contributed by atoms with E-state index in [0.29, 0.717) is 31.4 Å². The molecule has 164 valence electrons. The molecule has 1 aliphatic heterocycles. The van der Waals surface area contributed by atoms with Crippen LogP contribution >= 0.6 is 12.2 Å². The Kier molecular flexibility index (Phi) is 9.04. The van der Waals surface area contributed by atoms with Gasteiger partial charge < -0.3 is 25.0 Å². The molecule has 0 saturated carbocycles. The van der Waals surface area contributed by atoms with Gasteiger partial charge in [0.15, 0.2) is 5.11 Å². The Labute approximate surface area is 182 Å². The van der Waals surface area contributed by atoms with Crippen LogP contribution in [0.4, 0.5) is 0 Å². The van der Waals surface area contributed by atoms with E-state index in [0.717, 1.165) is 12.0 Å². The second-order valence-electron chi connectivity index (χ2n) is 7.49. The summed E-state index contributed by atoms with van der Waals surface area (Å²) in [6.45, 7) is 5.17. The summed E-state index contributed by atoms with van der Waals surface area (Å²) in [7, 11) is 1.57. The molecule has 0 aromatic heterocycles. The Morgan fingerprint density at radius 2 is 2.00 bits per heavy atom. The standard InChI is InChI=1S/C21H29N3O5S/c1-14(2)8-11-29-19(26)13-17-20(27)22-9-10-24(17)21(30)23-18(25)12-15-4-6-16(28-3)7-5-15/h4-7,14,17H,8-13H2,1-3H3,(H,22,27)(H,23,25,30). The molecule has 1 saturated heterocycles. The summed E-state index contributed by atoms with van der Waals surface area (Å²) in [5.74, 6) is 0.0520. The maximum absolute atomic E-state index is 12.4. The van der Waals surface area contributed by atoms with Crippen molar-refractivity contribution in [3.8, 4) is 5.75 Å². The van der Waals surface area contributed by atoms with Crippen LogP contribution in [0.3, 0.4) is 0 Å². The highest BCUT2D eigenvalue weighted by molar-refractivity contribution is 7.80. The van der Waals surface area contributed by atoms with Gasteiger partial charge in [-0.05, 0) is 42.3 Å². The maximum Gasteiger partial charge on any atom is 0.308 e. The van der Waals surface area contributed by atoms with Gasteiger partial charge in [-0.3, -0.25) is 14.4 Å². The van der Waals surface area contributed by atoms with Crippen LogP contribution in [0, 0.1) is 5.92 Å². The Bertz CT molecular complexity index is 766. The van der Waals surface area contributed by atoms with Crippen molar-refractivity contribution in [2.75, 3.05) is 26.8 Å². The van der Waals surface area contributed by atoms with E-state index in [1.165, 1.54) is 0 Å². The normalized spacial score (nSPS) is 16.1. The number of thiocarbonyl (C=S) groups is 1. The zero-order valence-electron chi connectivity index (χ0n) is 17.6. The van der Waals surface area contributed by atoms with E-state index in [9.17, 15) is 14.4 Å². The molecule has 2 N–H and O–H groups in total. The van der Waals surface area contributed by atoms with E-state index in [1.807, 2.05) is 13.8 Å². The summed E-state index contributed by atoms with van der Waals surface area (Å²) >= 11 is 5.35. The number of ether oxygens (including phenoxy) is 2. The molecule has 1 heterocycles. The predicted octanol–water partition coefficient (Wildman–Crippen LogP) is 1.42. The van der Waals surface area contributed by atoms with Crippen LogP contribution in [-0.4, -0.2) is 60.6 Å². The molecule has 0 spiro atoms. The Morgan fingerprint density at radius 3 is 2.63 bits per heavy atom. The lowest BCUT2D eigenvalue weighted by molar-refractivity contribution is -0.147. The molecule has 9 heteroatoms. The van der Waals surface area contributed by atoms with Crippen molar-refractivity contribution in [2.45, 2.75) is 39.2 Å². The fraction of sp³-hybridized carbons (Fsp3) is 0.524. The molecule has 1 unspecified atom stereocenters. The number of carbonyl (C=O) groups is 3. The topological polar surface area (TPSA) is 97.0 Å². The number of nitrogens with zero attached hydrogens (tertiary/aromatic N) is 1. The number of benzene rings is 1. The summed E-state index contributed by atoms with van der Waals surface area (Å²) in [6.07, 6.45) is 0.761. The zero-order chi connectivity index (χ0) is 22.1. The molecule has 1 aliphatic rings. The first-order valence-electron chi connectivity index (χ1n) is 9.97. The Balaban J connectivity index is 1.92. The molecule has 1 aromatic rings. The summed E-state index contributed by atoms with van der Waals surface area (Å²) < 4.78 is 10.3. The van der Waals surface area contributed by atoms with Crippen LogP contribution < -0.4 is 15.4 Å². The first kappa shape index (κ1) is 23.6. The fourth-order valence-electron chi connectivity index (χ4n) is 2.95. The molecular formula is C21H29N3O5S. The first-order chi connectivity index (χ1) is 14.3. The minimum atomic E-state index is -0.806. The summed E-state index contributed by atoms with van der Waals surface area (Å²) in [5.41, 5.74) is 0.803. The van der Waals surface area contributed by atoms with Gasteiger partial charge in [0.05, 0.1) is 26.6 Å². The van der Waals surface area contributed by atoms with Crippen molar-refractivity contribution in [3.63, 3.8) is 0 Å². The first-order valence-corrected chi connectivity index (χ1v) is 10.4. The van der Waals surface area contributed by atoms with Crippen LogP contribution in [0.25, 0.3) is 0 Å². The van der Waals surface area contributed by atoms with E-state index in [-0.39, 0.29) is 29.8 Å². The number of rotatable bonds is 8. The quantitative estimate of drug-likeness (QED) is 0.471. The van der Waals surface area contributed by atoms with Crippen LogP contribution in [0.5, 0.6) is 5.75 Å². The number of nitrogens with one attached hydrogen (secondary N) is 2. The molecule has 1 atom stereocenters. The second-order valence-corrected chi connectivity index (χ2v) is 7.87. The molecule has 1 fully saturated rings. The average molecular weight is 436 g/mol.